The zero-order valence-electron chi connectivity index (χ0n) is 11.8. The third kappa shape index (κ3) is 5.64. The van der Waals surface area contributed by atoms with E-state index in [9.17, 15) is 22.2 Å². The lowest BCUT2D eigenvalue weighted by Gasteiger charge is -2.16. The molecule has 0 aromatic heterocycles. The van der Waals surface area contributed by atoms with Gasteiger partial charge in [0.25, 0.3) is 0 Å². The van der Waals surface area contributed by atoms with Crippen LogP contribution in [0, 0.1) is 0 Å². The van der Waals surface area contributed by atoms with Gasteiger partial charge in [0.05, 0.1) is 0 Å². The monoisotopic (exact) mass is 338 g/mol. The minimum absolute atomic E-state index is 0.0588. The lowest BCUT2D eigenvalue weighted by atomic mass is 10.2. The number of aliphatic hydroxyl groups excluding tert-OH is 1. The summed E-state index contributed by atoms with van der Waals surface area (Å²) in [5.41, 5.74) is -4.54. The molecule has 2 atom stereocenters. The molecule has 0 saturated carbocycles. The number of carbonyl (C=O) groups is 1. The van der Waals surface area contributed by atoms with Gasteiger partial charge in [0, 0.05) is 23.2 Å². The Morgan fingerprint density at radius 2 is 1.91 bits per heavy atom. The fourth-order valence-corrected chi connectivity index (χ4v) is 2.33. The molecular formula is C13H17F3N2O3S. The van der Waals surface area contributed by atoms with E-state index < -0.39 is 22.3 Å². The second-order valence-electron chi connectivity index (χ2n) is 4.45. The number of hydrogen-bond acceptors (Lipinski definition) is 3. The summed E-state index contributed by atoms with van der Waals surface area (Å²) in [5, 5.41) is 13.9. The van der Waals surface area contributed by atoms with Crippen molar-refractivity contribution in [2.45, 2.75) is 36.2 Å². The lowest BCUT2D eigenvalue weighted by Crippen LogP contribution is -2.38. The summed E-state index contributed by atoms with van der Waals surface area (Å²) in [6, 6.07) is 3.86. The van der Waals surface area contributed by atoms with Crippen LogP contribution in [0.3, 0.4) is 0 Å². The van der Waals surface area contributed by atoms with Crippen molar-refractivity contribution in [3.8, 4) is 0 Å². The fraction of sp³-hybridized carbons (Fsp3) is 0.462. The van der Waals surface area contributed by atoms with Crippen molar-refractivity contribution in [2.75, 3.05) is 11.9 Å². The van der Waals surface area contributed by atoms with E-state index in [1.54, 1.807) is 0 Å². The zero-order valence-corrected chi connectivity index (χ0v) is 12.6. The Hall–Kier alpha value is -1.61. The standard InChI is InChI=1S/C13H17F3N2O3S/c1-2-9(7-8-19)17-12(20)18-10-3-5-11(6-4-10)22(21)13(14,15)16/h3-6,9,19H,2,7-8H2,1H3,(H2,17,18,20). The molecule has 0 saturated heterocycles. The molecule has 1 aromatic rings. The molecule has 1 rings (SSSR count). The van der Waals surface area contributed by atoms with E-state index in [0.29, 0.717) is 12.8 Å². The largest absolute Gasteiger partial charge is 0.475 e. The van der Waals surface area contributed by atoms with Gasteiger partial charge in [0.2, 0.25) is 0 Å². The van der Waals surface area contributed by atoms with Crippen molar-refractivity contribution < 1.29 is 27.3 Å². The van der Waals surface area contributed by atoms with Crippen LogP contribution in [0.2, 0.25) is 0 Å². The first kappa shape index (κ1) is 18.4. The minimum atomic E-state index is -4.81. The predicted molar refractivity (Wildman–Crippen MR) is 76.8 cm³/mol. The highest BCUT2D eigenvalue weighted by Crippen LogP contribution is 2.26. The van der Waals surface area contributed by atoms with Gasteiger partial charge in [-0.2, -0.15) is 13.2 Å². The number of halogens is 3. The van der Waals surface area contributed by atoms with Crippen LogP contribution in [-0.4, -0.2) is 33.5 Å². The molecule has 2 unspecified atom stereocenters. The van der Waals surface area contributed by atoms with Gasteiger partial charge in [-0.3, -0.25) is 0 Å². The summed E-state index contributed by atoms with van der Waals surface area (Å²) in [4.78, 5) is 11.3. The Morgan fingerprint density at radius 3 is 2.36 bits per heavy atom. The number of benzene rings is 1. The number of urea groups is 1. The normalized spacial score (nSPS) is 14.2. The smallest absolute Gasteiger partial charge is 0.396 e. The molecule has 0 aliphatic rings. The van der Waals surface area contributed by atoms with E-state index in [1.807, 2.05) is 6.92 Å². The van der Waals surface area contributed by atoms with Gasteiger partial charge in [-0.05, 0) is 37.1 Å². The molecule has 0 aliphatic carbocycles. The molecule has 1 aromatic carbocycles. The van der Waals surface area contributed by atoms with Gasteiger partial charge in [0.1, 0.15) is 0 Å². The van der Waals surface area contributed by atoms with Crippen LogP contribution in [0.4, 0.5) is 23.7 Å². The molecule has 0 heterocycles. The molecular weight excluding hydrogens is 321 g/mol. The van der Waals surface area contributed by atoms with Gasteiger partial charge in [0.15, 0.2) is 10.8 Å². The van der Waals surface area contributed by atoms with Gasteiger partial charge < -0.3 is 15.7 Å². The van der Waals surface area contributed by atoms with E-state index in [-0.39, 0.29) is 23.2 Å². The van der Waals surface area contributed by atoms with Crippen LogP contribution < -0.4 is 10.6 Å². The summed E-state index contributed by atoms with van der Waals surface area (Å²) in [6.45, 7) is 1.79. The first-order chi connectivity index (χ1) is 10.3. The molecule has 3 N–H and O–H groups in total. The SMILES string of the molecule is CCC(CCO)NC(=O)Nc1ccc(S(=O)C(F)(F)F)cc1. The van der Waals surface area contributed by atoms with Gasteiger partial charge in [-0.15, -0.1) is 0 Å². The van der Waals surface area contributed by atoms with Crippen molar-refractivity contribution in [1.29, 1.82) is 0 Å². The Kier molecular flexibility index (Phi) is 6.82. The lowest BCUT2D eigenvalue weighted by molar-refractivity contribution is -0.0384. The average molecular weight is 338 g/mol. The van der Waals surface area contributed by atoms with E-state index in [2.05, 4.69) is 10.6 Å². The number of carbonyl (C=O) groups excluding carboxylic acids is 1. The highest BCUT2D eigenvalue weighted by molar-refractivity contribution is 7.86. The molecule has 0 spiro atoms. The van der Waals surface area contributed by atoms with Crippen molar-refractivity contribution in [1.82, 2.24) is 5.32 Å². The summed E-state index contributed by atoms with van der Waals surface area (Å²) in [6.07, 6.45) is 1.05. The first-order valence-corrected chi connectivity index (χ1v) is 7.70. The third-order valence-corrected chi connectivity index (χ3v) is 3.96. The number of anilines is 1. The Bertz CT molecular complexity index is 520. The molecule has 22 heavy (non-hydrogen) atoms. The van der Waals surface area contributed by atoms with Crippen LogP contribution in [-0.2, 0) is 10.8 Å². The summed E-state index contributed by atoms with van der Waals surface area (Å²) < 4.78 is 48.0. The Labute approximate surface area is 128 Å². The van der Waals surface area contributed by atoms with E-state index >= 15 is 0 Å². The summed E-state index contributed by atoms with van der Waals surface area (Å²) in [7, 11) is -3.09. The number of rotatable bonds is 6. The van der Waals surface area contributed by atoms with Crippen molar-refractivity contribution in [3.05, 3.63) is 24.3 Å². The van der Waals surface area contributed by atoms with Crippen LogP contribution in [0.25, 0.3) is 0 Å². The molecule has 0 aliphatic heterocycles. The van der Waals surface area contributed by atoms with Gasteiger partial charge >= 0.3 is 11.5 Å². The maximum absolute atomic E-state index is 12.3. The minimum Gasteiger partial charge on any atom is -0.396 e. The Balaban J connectivity index is 2.64. The van der Waals surface area contributed by atoms with E-state index in [0.717, 1.165) is 12.1 Å². The number of hydrogen-bond donors (Lipinski definition) is 3. The predicted octanol–water partition coefficient (Wildman–Crippen LogP) is 2.60. The van der Waals surface area contributed by atoms with Crippen molar-refractivity contribution in [2.24, 2.45) is 0 Å². The maximum atomic E-state index is 12.3. The van der Waals surface area contributed by atoms with Crippen LogP contribution in [0.5, 0.6) is 0 Å². The highest BCUT2D eigenvalue weighted by atomic mass is 32.2. The van der Waals surface area contributed by atoms with Gasteiger partial charge in [-0.1, -0.05) is 6.92 Å². The van der Waals surface area contributed by atoms with Crippen LogP contribution >= 0.6 is 0 Å². The van der Waals surface area contributed by atoms with Gasteiger partial charge in [-0.25, -0.2) is 9.00 Å². The molecule has 0 radical (unpaired) electrons. The third-order valence-electron chi connectivity index (χ3n) is 2.84. The van der Waals surface area contributed by atoms with Crippen LogP contribution in [0.15, 0.2) is 29.2 Å². The first-order valence-electron chi connectivity index (χ1n) is 6.55. The molecule has 9 heteroatoms. The van der Waals surface area contributed by atoms with Crippen LogP contribution in [0.1, 0.15) is 19.8 Å². The molecule has 0 fully saturated rings. The summed E-state index contributed by atoms with van der Waals surface area (Å²) in [5.74, 6) is 0. The fourth-order valence-electron chi connectivity index (χ4n) is 1.68. The summed E-state index contributed by atoms with van der Waals surface area (Å²) >= 11 is 0. The van der Waals surface area contributed by atoms with Crippen molar-refractivity contribution in [3.63, 3.8) is 0 Å². The molecule has 5 nitrogen and oxygen atoms in total. The topological polar surface area (TPSA) is 78.4 Å². The number of amides is 2. The second kappa shape index (κ2) is 8.14. The number of aliphatic hydroxyl groups is 1. The molecule has 0 bridgehead atoms. The number of nitrogens with one attached hydrogen (secondary N) is 2. The maximum Gasteiger partial charge on any atom is 0.475 e. The second-order valence-corrected chi connectivity index (χ2v) is 5.93. The Morgan fingerprint density at radius 1 is 1.32 bits per heavy atom. The zero-order chi connectivity index (χ0) is 16.8. The highest BCUT2D eigenvalue weighted by Gasteiger charge is 2.37. The molecule has 2 amide bonds. The van der Waals surface area contributed by atoms with E-state index in [1.165, 1.54) is 12.1 Å². The number of alkyl halides is 3. The average Bonchev–Trinajstić information content (AvgIpc) is 2.45. The van der Waals surface area contributed by atoms with E-state index in [4.69, 9.17) is 5.11 Å². The quantitative estimate of drug-likeness (QED) is 0.746. The molecule has 124 valence electrons. The van der Waals surface area contributed by atoms with Crippen molar-refractivity contribution >= 4 is 22.5 Å².